The van der Waals surface area contributed by atoms with Crippen LogP contribution in [0.1, 0.15) is 60.4 Å². The number of nitriles is 1. The van der Waals surface area contributed by atoms with Crippen LogP contribution in [-0.4, -0.2) is 72.7 Å². The summed E-state index contributed by atoms with van der Waals surface area (Å²) < 4.78 is 6.65. The second kappa shape index (κ2) is 13.5. The fourth-order valence-corrected chi connectivity index (χ4v) is 8.31. The van der Waals surface area contributed by atoms with Gasteiger partial charge < -0.3 is 19.9 Å². The molecule has 4 atom stereocenters. The molecular formula is C42H43N7O4. The van der Waals surface area contributed by atoms with Gasteiger partial charge in [0.2, 0.25) is 5.89 Å². The van der Waals surface area contributed by atoms with Crippen molar-refractivity contribution in [3.8, 4) is 6.07 Å². The van der Waals surface area contributed by atoms with Crippen molar-refractivity contribution in [2.75, 3.05) is 31.5 Å². The highest BCUT2D eigenvalue weighted by Crippen LogP contribution is 2.46. The highest BCUT2D eigenvalue weighted by molar-refractivity contribution is 5.89. The lowest BCUT2D eigenvalue weighted by molar-refractivity contribution is -0.141. The SMILES string of the molecule is Cc1ccccc1C1=CC=CC(Nc2nccc3cc(CN4CC[C@](C)(O)C4)cnc23)(c2nc3cc(CN4CC[C@@H](C(=O)O)C4)cc(C#N)c3o2)C1C. The minimum absolute atomic E-state index is 0.205. The second-order valence-corrected chi connectivity index (χ2v) is 15.2. The number of carboxylic acids is 1. The van der Waals surface area contributed by atoms with Crippen LogP contribution in [0.4, 0.5) is 5.82 Å². The van der Waals surface area contributed by atoms with Gasteiger partial charge in [0.1, 0.15) is 22.6 Å². The summed E-state index contributed by atoms with van der Waals surface area (Å²) in [7, 11) is 0. The average Bonchev–Trinajstić information content (AvgIpc) is 3.88. The summed E-state index contributed by atoms with van der Waals surface area (Å²) in [4.78, 5) is 30.8. The Morgan fingerprint density at radius 2 is 1.94 bits per heavy atom. The van der Waals surface area contributed by atoms with Gasteiger partial charge in [0.05, 0.1) is 17.1 Å². The van der Waals surface area contributed by atoms with Crippen LogP contribution in [0.15, 0.2) is 83.6 Å². The van der Waals surface area contributed by atoms with Crippen molar-refractivity contribution >= 4 is 39.4 Å². The van der Waals surface area contributed by atoms with E-state index in [1.165, 1.54) is 0 Å². The van der Waals surface area contributed by atoms with E-state index in [0.29, 0.717) is 73.0 Å². The molecule has 3 aromatic heterocycles. The number of oxazole rings is 1. The maximum atomic E-state index is 11.6. The number of aromatic nitrogens is 3. The van der Waals surface area contributed by atoms with Gasteiger partial charge in [-0.05, 0) is 91.4 Å². The van der Waals surface area contributed by atoms with E-state index < -0.39 is 17.1 Å². The molecule has 11 nitrogen and oxygen atoms in total. The van der Waals surface area contributed by atoms with E-state index in [0.717, 1.165) is 46.2 Å². The first-order chi connectivity index (χ1) is 25.5. The van der Waals surface area contributed by atoms with E-state index in [4.69, 9.17) is 19.4 Å². The van der Waals surface area contributed by atoms with Crippen molar-refractivity contribution in [2.24, 2.45) is 11.8 Å². The molecular weight excluding hydrogens is 667 g/mol. The van der Waals surface area contributed by atoms with E-state index in [1.807, 2.05) is 49.5 Å². The molecule has 2 aliphatic heterocycles. The first kappa shape index (κ1) is 34.7. The molecule has 0 radical (unpaired) electrons. The molecule has 2 saturated heterocycles. The van der Waals surface area contributed by atoms with E-state index in [9.17, 15) is 20.3 Å². The number of allylic oxidation sites excluding steroid dienone is 2. The van der Waals surface area contributed by atoms with Crippen LogP contribution in [-0.2, 0) is 23.4 Å². The molecule has 2 fully saturated rings. The van der Waals surface area contributed by atoms with Crippen molar-refractivity contribution in [3.63, 3.8) is 0 Å². The Morgan fingerprint density at radius 3 is 2.70 bits per heavy atom. The summed E-state index contributed by atoms with van der Waals surface area (Å²) >= 11 is 0. The maximum Gasteiger partial charge on any atom is 0.307 e. The summed E-state index contributed by atoms with van der Waals surface area (Å²) in [5.74, 6) is -0.398. The summed E-state index contributed by atoms with van der Waals surface area (Å²) in [5.41, 5.74) is 5.65. The number of rotatable bonds is 9. The van der Waals surface area contributed by atoms with Crippen molar-refractivity contribution in [1.82, 2.24) is 24.8 Å². The van der Waals surface area contributed by atoms with Crippen molar-refractivity contribution in [1.29, 1.82) is 5.26 Å². The number of aryl methyl sites for hydroxylation is 1. The lowest BCUT2D eigenvalue weighted by Crippen LogP contribution is -2.42. The van der Waals surface area contributed by atoms with Gasteiger partial charge in [-0.2, -0.15) is 5.26 Å². The zero-order valence-corrected chi connectivity index (χ0v) is 30.2. The van der Waals surface area contributed by atoms with E-state index in [2.05, 4.69) is 65.4 Å². The molecule has 53 heavy (non-hydrogen) atoms. The molecule has 1 aliphatic carbocycles. The number of hydrogen-bond donors (Lipinski definition) is 3. The fourth-order valence-electron chi connectivity index (χ4n) is 8.31. The number of nitrogens with one attached hydrogen (secondary N) is 1. The third kappa shape index (κ3) is 6.59. The van der Waals surface area contributed by atoms with Gasteiger partial charge in [0, 0.05) is 56.4 Å². The van der Waals surface area contributed by atoms with Crippen molar-refractivity contribution < 1.29 is 19.4 Å². The van der Waals surface area contributed by atoms with Crippen LogP contribution in [0.2, 0.25) is 0 Å². The van der Waals surface area contributed by atoms with E-state index >= 15 is 0 Å². The number of carbonyl (C=O) groups is 1. The molecule has 0 saturated carbocycles. The minimum atomic E-state index is -1.02. The Balaban J connectivity index is 1.19. The number of nitrogens with zero attached hydrogens (tertiary/aromatic N) is 6. The normalized spacial score (nSPS) is 24.8. The molecule has 0 spiro atoms. The molecule has 3 N–H and O–H groups in total. The number of β-amino-alcohol motifs (C(OH)–C–C–N with tert-alkyl or cyclic N) is 1. The lowest BCUT2D eigenvalue weighted by Gasteiger charge is -2.39. The zero-order valence-electron chi connectivity index (χ0n) is 30.2. The minimum Gasteiger partial charge on any atom is -0.481 e. The highest BCUT2D eigenvalue weighted by Gasteiger charge is 2.45. The van der Waals surface area contributed by atoms with Gasteiger partial charge in [-0.25, -0.2) is 9.97 Å². The van der Waals surface area contributed by atoms with Crippen molar-refractivity contribution in [2.45, 2.75) is 57.8 Å². The second-order valence-electron chi connectivity index (χ2n) is 15.2. The molecule has 2 aromatic carbocycles. The van der Waals surface area contributed by atoms with Crippen LogP contribution in [0.3, 0.4) is 0 Å². The molecule has 0 amide bonds. The van der Waals surface area contributed by atoms with E-state index in [1.54, 1.807) is 6.20 Å². The summed E-state index contributed by atoms with van der Waals surface area (Å²) in [6.07, 6.45) is 11.2. The monoisotopic (exact) mass is 709 g/mol. The lowest BCUT2D eigenvalue weighted by atomic mass is 9.73. The number of pyridine rings is 2. The van der Waals surface area contributed by atoms with Gasteiger partial charge in [0.15, 0.2) is 11.4 Å². The molecule has 8 rings (SSSR count). The standard InChI is InChI=1S/C42H43N7O4/c1-26-7-4-5-8-33(26)34-9-6-12-42(27(34)2,47-38-36-30(10-14-44-38)18-29(21-45-36)23-49-16-13-41(3,52)25-49)40-46-35-19-28(17-32(20-43)37(35)53-40)22-48-15-11-31(24-48)39(50)51/h4-10,12,14,17-19,21,27,31,52H,11,13,15-16,22-25H2,1-3H3,(H,44,47)(H,50,51)/t27?,31-,41+,42?/m1/s1. The Hall–Kier alpha value is -5.41. The first-order valence-corrected chi connectivity index (χ1v) is 18.2. The van der Waals surface area contributed by atoms with Crippen LogP contribution in [0.25, 0.3) is 27.6 Å². The molecule has 3 aliphatic rings. The Bertz CT molecular complexity index is 2340. The number of aliphatic hydroxyl groups is 1. The number of anilines is 1. The molecule has 5 heterocycles. The summed E-state index contributed by atoms with van der Waals surface area (Å²) in [6.45, 7) is 9.95. The maximum absolute atomic E-state index is 11.6. The Morgan fingerprint density at radius 1 is 1.11 bits per heavy atom. The number of hydrogen-bond acceptors (Lipinski definition) is 10. The Kier molecular flexibility index (Phi) is 8.85. The van der Waals surface area contributed by atoms with Crippen LogP contribution < -0.4 is 5.32 Å². The first-order valence-electron chi connectivity index (χ1n) is 18.2. The van der Waals surface area contributed by atoms with Gasteiger partial charge >= 0.3 is 5.97 Å². The predicted molar refractivity (Wildman–Crippen MR) is 203 cm³/mol. The number of benzene rings is 2. The van der Waals surface area contributed by atoms with Crippen LogP contribution in [0, 0.1) is 30.1 Å². The molecule has 2 unspecified atom stereocenters. The van der Waals surface area contributed by atoms with Gasteiger partial charge in [-0.1, -0.05) is 43.3 Å². The number of carboxylic acid groups (broad SMARTS) is 1. The Labute approximate surface area is 308 Å². The quantitative estimate of drug-likeness (QED) is 0.156. The number of aliphatic carboxylic acids is 1. The third-order valence-electron chi connectivity index (χ3n) is 11.2. The van der Waals surface area contributed by atoms with Gasteiger partial charge in [-0.15, -0.1) is 0 Å². The van der Waals surface area contributed by atoms with Gasteiger partial charge in [0.25, 0.3) is 0 Å². The van der Waals surface area contributed by atoms with Crippen LogP contribution in [0.5, 0.6) is 0 Å². The largest absolute Gasteiger partial charge is 0.481 e. The smallest absolute Gasteiger partial charge is 0.307 e. The predicted octanol–water partition coefficient (Wildman–Crippen LogP) is 6.41. The highest BCUT2D eigenvalue weighted by atomic mass is 16.4. The average molecular weight is 710 g/mol. The summed E-state index contributed by atoms with van der Waals surface area (Å²) in [6, 6.07) is 18.5. The number of likely N-dealkylation sites (tertiary alicyclic amines) is 2. The topological polar surface area (TPSA) is 152 Å². The third-order valence-corrected chi connectivity index (χ3v) is 11.2. The van der Waals surface area contributed by atoms with E-state index in [-0.39, 0.29) is 11.8 Å². The van der Waals surface area contributed by atoms with Crippen LogP contribution >= 0.6 is 0 Å². The zero-order chi connectivity index (χ0) is 36.9. The fraction of sp³-hybridized carbons (Fsp3) is 0.357. The number of fused-ring (bicyclic) bond motifs is 2. The molecule has 0 bridgehead atoms. The van der Waals surface area contributed by atoms with Gasteiger partial charge in [-0.3, -0.25) is 19.6 Å². The molecule has 11 heteroatoms. The molecule has 270 valence electrons. The summed E-state index contributed by atoms with van der Waals surface area (Å²) in [5, 5.41) is 35.0. The molecule has 5 aromatic rings. The van der Waals surface area contributed by atoms with Crippen molar-refractivity contribution in [3.05, 3.63) is 113 Å².